The Balaban J connectivity index is 0.00000288. The van der Waals surface area contributed by atoms with Gasteiger partial charge in [-0.25, -0.2) is 9.97 Å². The molecule has 0 aliphatic carbocycles. The molecule has 2 heterocycles. The van der Waals surface area contributed by atoms with Crippen LogP contribution in [0.3, 0.4) is 0 Å². The van der Waals surface area contributed by atoms with Gasteiger partial charge in [0.15, 0.2) is 5.96 Å². The van der Waals surface area contributed by atoms with E-state index >= 15 is 0 Å². The van der Waals surface area contributed by atoms with Crippen LogP contribution in [0.5, 0.6) is 5.88 Å². The molecule has 2 aromatic rings. The Kier molecular flexibility index (Phi) is 8.98. The molecule has 8 heteroatoms. The molecule has 0 unspecified atom stereocenters. The Morgan fingerprint density at radius 2 is 2.12 bits per heavy atom. The summed E-state index contributed by atoms with van der Waals surface area (Å²) in [6.45, 7) is 5.54. The van der Waals surface area contributed by atoms with Crippen LogP contribution in [0.4, 0.5) is 0 Å². The van der Waals surface area contributed by atoms with Crippen molar-refractivity contribution in [3.05, 3.63) is 39.5 Å². The zero-order valence-corrected chi connectivity index (χ0v) is 17.6. The lowest BCUT2D eigenvalue weighted by atomic mass is 10.2. The Morgan fingerprint density at radius 3 is 2.75 bits per heavy atom. The predicted molar refractivity (Wildman–Crippen MR) is 110 cm³/mol. The molecule has 24 heavy (non-hydrogen) atoms. The molecule has 0 spiro atoms. The van der Waals surface area contributed by atoms with E-state index in [9.17, 15) is 0 Å². The van der Waals surface area contributed by atoms with Crippen LogP contribution >= 0.6 is 35.3 Å². The van der Waals surface area contributed by atoms with Gasteiger partial charge < -0.3 is 15.4 Å². The van der Waals surface area contributed by atoms with Crippen molar-refractivity contribution in [2.75, 3.05) is 20.7 Å². The van der Waals surface area contributed by atoms with Crippen LogP contribution in [0.1, 0.15) is 21.1 Å². The van der Waals surface area contributed by atoms with E-state index in [-0.39, 0.29) is 24.0 Å². The van der Waals surface area contributed by atoms with E-state index < -0.39 is 0 Å². The van der Waals surface area contributed by atoms with Crippen molar-refractivity contribution >= 4 is 41.3 Å². The fourth-order valence-electron chi connectivity index (χ4n) is 2.08. The Bertz CT molecular complexity index is 655. The second kappa shape index (κ2) is 10.4. The highest BCUT2D eigenvalue weighted by molar-refractivity contribution is 14.0. The quantitative estimate of drug-likeness (QED) is 0.393. The molecule has 132 valence electrons. The van der Waals surface area contributed by atoms with E-state index in [1.54, 1.807) is 31.7 Å². The maximum Gasteiger partial charge on any atom is 0.218 e. The molecular weight excluding hydrogens is 437 g/mol. The number of hydrogen-bond donors (Lipinski definition) is 2. The maximum atomic E-state index is 5.25. The van der Waals surface area contributed by atoms with Gasteiger partial charge in [0.1, 0.15) is 0 Å². The van der Waals surface area contributed by atoms with Gasteiger partial charge in [-0.15, -0.1) is 35.3 Å². The van der Waals surface area contributed by atoms with Gasteiger partial charge in [-0.2, -0.15) is 0 Å². The number of methoxy groups -OCH3 is 1. The zero-order chi connectivity index (χ0) is 16.7. The van der Waals surface area contributed by atoms with Crippen molar-refractivity contribution in [1.29, 1.82) is 0 Å². The Morgan fingerprint density at radius 1 is 1.33 bits per heavy atom. The highest BCUT2D eigenvalue weighted by atomic mass is 127. The van der Waals surface area contributed by atoms with Crippen molar-refractivity contribution in [2.45, 2.75) is 26.8 Å². The minimum atomic E-state index is 0. The second-order valence-electron chi connectivity index (χ2n) is 5.02. The number of pyridine rings is 1. The molecule has 0 radical (unpaired) electrons. The van der Waals surface area contributed by atoms with Crippen LogP contribution in [0.2, 0.25) is 0 Å². The molecule has 0 amide bonds. The third kappa shape index (κ3) is 5.90. The van der Waals surface area contributed by atoms with Crippen LogP contribution in [0.25, 0.3) is 0 Å². The van der Waals surface area contributed by atoms with Crippen LogP contribution < -0.4 is 15.4 Å². The van der Waals surface area contributed by atoms with E-state index in [2.05, 4.69) is 32.5 Å². The van der Waals surface area contributed by atoms with Gasteiger partial charge in [0.25, 0.3) is 0 Å². The molecule has 0 saturated heterocycles. The van der Waals surface area contributed by atoms with Crippen molar-refractivity contribution in [3.8, 4) is 5.88 Å². The van der Waals surface area contributed by atoms with Crippen LogP contribution in [-0.2, 0) is 13.0 Å². The van der Waals surface area contributed by atoms with Crippen LogP contribution in [0.15, 0.2) is 23.3 Å². The summed E-state index contributed by atoms with van der Waals surface area (Å²) in [7, 11) is 3.38. The molecule has 0 fully saturated rings. The van der Waals surface area contributed by atoms with Gasteiger partial charge in [-0.05, 0) is 19.9 Å². The maximum absolute atomic E-state index is 5.25. The number of aliphatic imine (C=N–C) groups is 1. The number of thiazole rings is 1. The average molecular weight is 461 g/mol. The summed E-state index contributed by atoms with van der Waals surface area (Å²) in [5.41, 5.74) is 2.11. The highest BCUT2D eigenvalue weighted by Crippen LogP contribution is 2.16. The number of aryl methyl sites for hydroxylation is 2. The van der Waals surface area contributed by atoms with E-state index in [0.29, 0.717) is 12.4 Å². The summed E-state index contributed by atoms with van der Waals surface area (Å²) in [5.74, 6) is 1.38. The molecule has 0 aliphatic heterocycles. The van der Waals surface area contributed by atoms with E-state index in [1.807, 2.05) is 19.1 Å². The zero-order valence-electron chi connectivity index (χ0n) is 14.4. The normalized spacial score (nSPS) is 10.9. The van der Waals surface area contributed by atoms with E-state index in [4.69, 9.17) is 4.74 Å². The number of nitrogens with one attached hydrogen (secondary N) is 2. The molecule has 2 aromatic heterocycles. The molecule has 0 bridgehead atoms. The van der Waals surface area contributed by atoms with Gasteiger partial charge in [0.05, 0.1) is 17.8 Å². The van der Waals surface area contributed by atoms with Crippen LogP contribution in [0, 0.1) is 13.8 Å². The first kappa shape index (κ1) is 20.6. The third-order valence-corrected chi connectivity index (χ3v) is 4.55. The summed E-state index contributed by atoms with van der Waals surface area (Å²) in [4.78, 5) is 14.2. The summed E-state index contributed by atoms with van der Waals surface area (Å²) in [6, 6.07) is 3.87. The highest BCUT2D eigenvalue weighted by Gasteiger charge is 2.06. The smallest absolute Gasteiger partial charge is 0.218 e. The van der Waals surface area contributed by atoms with Crippen LogP contribution in [-0.4, -0.2) is 36.6 Å². The van der Waals surface area contributed by atoms with Gasteiger partial charge in [-0.3, -0.25) is 4.99 Å². The molecule has 0 saturated carbocycles. The lowest BCUT2D eigenvalue weighted by Crippen LogP contribution is -2.37. The van der Waals surface area contributed by atoms with Crippen molar-refractivity contribution in [1.82, 2.24) is 20.6 Å². The predicted octanol–water partition coefficient (Wildman–Crippen LogP) is 2.69. The Hall–Kier alpha value is -1.42. The summed E-state index contributed by atoms with van der Waals surface area (Å²) in [5, 5.41) is 7.71. The average Bonchev–Trinajstić information content (AvgIpc) is 2.89. The van der Waals surface area contributed by atoms with Crippen molar-refractivity contribution < 1.29 is 4.74 Å². The minimum Gasteiger partial charge on any atom is -0.481 e. The summed E-state index contributed by atoms with van der Waals surface area (Å²) >= 11 is 1.75. The first-order chi connectivity index (χ1) is 11.1. The van der Waals surface area contributed by atoms with E-state index in [0.717, 1.165) is 35.2 Å². The summed E-state index contributed by atoms with van der Waals surface area (Å²) in [6.07, 6.45) is 2.60. The molecule has 0 atom stereocenters. The molecule has 6 nitrogen and oxygen atoms in total. The molecule has 0 aliphatic rings. The molecular formula is C16H24IN5OS. The monoisotopic (exact) mass is 461 g/mol. The first-order valence-corrected chi connectivity index (χ1v) is 8.31. The number of guanidine groups is 1. The molecule has 2 rings (SSSR count). The standard InChI is InChI=1S/C16H23N5OS.HI/c1-11-12(2)23-14(21-11)7-9-19-16(17-3)20-10-13-6-5-8-18-15(13)22-4;/h5-6,8H,7,9-10H2,1-4H3,(H2,17,19,20);1H. The molecule has 2 N–H and O–H groups in total. The lowest BCUT2D eigenvalue weighted by Gasteiger charge is -2.12. The number of halogens is 1. The number of rotatable bonds is 6. The number of nitrogens with zero attached hydrogens (tertiary/aromatic N) is 3. The fourth-order valence-corrected chi connectivity index (χ4v) is 3.01. The number of ether oxygens (including phenoxy) is 1. The second-order valence-corrected chi connectivity index (χ2v) is 6.31. The first-order valence-electron chi connectivity index (χ1n) is 7.49. The molecule has 0 aromatic carbocycles. The number of hydrogen-bond acceptors (Lipinski definition) is 5. The SMILES string of the molecule is CN=C(NCCc1nc(C)c(C)s1)NCc1cccnc1OC.I. The topological polar surface area (TPSA) is 71.4 Å². The number of aromatic nitrogens is 2. The largest absolute Gasteiger partial charge is 0.481 e. The summed E-state index contributed by atoms with van der Waals surface area (Å²) < 4.78 is 5.25. The van der Waals surface area contributed by atoms with Crippen molar-refractivity contribution in [2.24, 2.45) is 4.99 Å². The van der Waals surface area contributed by atoms with Gasteiger partial charge in [0, 0.05) is 43.2 Å². The van der Waals surface area contributed by atoms with Gasteiger partial charge in [0.2, 0.25) is 5.88 Å². The van der Waals surface area contributed by atoms with Gasteiger partial charge in [-0.1, -0.05) is 6.07 Å². The minimum absolute atomic E-state index is 0. The van der Waals surface area contributed by atoms with E-state index in [1.165, 1.54) is 4.88 Å². The Labute approximate surface area is 164 Å². The lowest BCUT2D eigenvalue weighted by molar-refractivity contribution is 0.392. The fraction of sp³-hybridized carbons (Fsp3) is 0.438. The van der Waals surface area contributed by atoms with Crippen molar-refractivity contribution in [3.63, 3.8) is 0 Å². The van der Waals surface area contributed by atoms with Gasteiger partial charge >= 0.3 is 0 Å². The third-order valence-electron chi connectivity index (χ3n) is 3.42.